The molecule has 0 saturated heterocycles. The number of hydrogen-bond acceptors (Lipinski definition) is 4. The summed E-state index contributed by atoms with van der Waals surface area (Å²) in [6.07, 6.45) is 0.981. The van der Waals surface area contributed by atoms with Gasteiger partial charge in [-0.25, -0.2) is 0 Å². The van der Waals surface area contributed by atoms with E-state index in [2.05, 4.69) is 5.32 Å². The van der Waals surface area contributed by atoms with Gasteiger partial charge in [0.05, 0.1) is 24.5 Å². The maximum absolute atomic E-state index is 11.9. The lowest BCUT2D eigenvalue weighted by Gasteiger charge is -2.16. The summed E-state index contributed by atoms with van der Waals surface area (Å²) in [5.41, 5.74) is 0. The van der Waals surface area contributed by atoms with E-state index in [9.17, 15) is 9.59 Å². The maximum atomic E-state index is 11.9. The molecule has 6 heteroatoms. The Morgan fingerprint density at radius 2 is 1.94 bits per heavy atom. The highest BCUT2D eigenvalue weighted by Gasteiger charge is 2.41. The first-order chi connectivity index (χ1) is 8.49. The third-order valence-electron chi connectivity index (χ3n) is 3.61. The molecule has 0 radical (unpaired) electrons. The monoisotopic (exact) mass is 259 g/mol. The normalized spacial score (nSPS) is 28.9. The number of amides is 1. The number of hydrogen-bond donors (Lipinski definition) is 4. The molecule has 0 aromatic carbocycles. The summed E-state index contributed by atoms with van der Waals surface area (Å²) in [7, 11) is 0. The average Bonchev–Trinajstić information content (AvgIpc) is 2.79. The molecule has 1 amide bonds. The lowest BCUT2D eigenvalue weighted by atomic mass is 9.95. The molecule has 1 fully saturated rings. The smallest absolute Gasteiger partial charge is 0.307 e. The van der Waals surface area contributed by atoms with E-state index in [0.717, 1.165) is 6.42 Å². The van der Waals surface area contributed by atoms with Crippen molar-refractivity contribution in [1.82, 2.24) is 5.32 Å². The van der Waals surface area contributed by atoms with E-state index < -0.39 is 30.5 Å². The van der Waals surface area contributed by atoms with Crippen LogP contribution < -0.4 is 5.32 Å². The lowest BCUT2D eigenvalue weighted by molar-refractivity contribution is -0.146. The molecule has 4 N–H and O–H groups in total. The van der Waals surface area contributed by atoms with Crippen LogP contribution in [0.2, 0.25) is 0 Å². The SMILES string of the molecule is CCC1C[C@H](C(=O)NCC(O)CO)[C@H](C(=O)O)C1. The zero-order chi connectivity index (χ0) is 13.7. The van der Waals surface area contributed by atoms with Crippen molar-refractivity contribution in [2.45, 2.75) is 32.3 Å². The first kappa shape index (κ1) is 14.9. The Labute approximate surface area is 106 Å². The minimum absolute atomic E-state index is 0.0467. The van der Waals surface area contributed by atoms with Crippen LogP contribution in [0.25, 0.3) is 0 Å². The minimum Gasteiger partial charge on any atom is -0.481 e. The largest absolute Gasteiger partial charge is 0.481 e. The lowest BCUT2D eigenvalue weighted by Crippen LogP contribution is -2.40. The van der Waals surface area contributed by atoms with Crippen molar-refractivity contribution >= 4 is 11.9 Å². The number of carboxylic acids is 1. The number of aliphatic hydroxyl groups excluding tert-OH is 2. The molecular formula is C12H21NO5. The van der Waals surface area contributed by atoms with Crippen LogP contribution in [0, 0.1) is 17.8 Å². The molecule has 18 heavy (non-hydrogen) atoms. The highest BCUT2D eigenvalue weighted by atomic mass is 16.4. The van der Waals surface area contributed by atoms with Crippen LogP contribution in [-0.2, 0) is 9.59 Å². The number of aliphatic hydroxyl groups is 2. The van der Waals surface area contributed by atoms with E-state index in [1.807, 2.05) is 6.92 Å². The molecule has 1 saturated carbocycles. The molecule has 0 aliphatic heterocycles. The van der Waals surface area contributed by atoms with Crippen LogP contribution in [0.3, 0.4) is 0 Å². The number of rotatable bonds is 6. The van der Waals surface area contributed by atoms with Crippen LogP contribution in [0.4, 0.5) is 0 Å². The van der Waals surface area contributed by atoms with Gasteiger partial charge in [-0.05, 0) is 18.8 Å². The molecule has 1 aliphatic carbocycles. The Hall–Kier alpha value is -1.14. The molecule has 1 rings (SSSR count). The van der Waals surface area contributed by atoms with Gasteiger partial charge < -0.3 is 20.6 Å². The number of aliphatic carboxylic acids is 1. The van der Waals surface area contributed by atoms with Crippen molar-refractivity contribution in [3.63, 3.8) is 0 Å². The van der Waals surface area contributed by atoms with Crippen molar-refractivity contribution in [2.24, 2.45) is 17.8 Å². The van der Waals surface area contributed by atoms with Gasteiger partial charge in [0.1, 0.15) is 0 Å². The highest BCUT2D eigenvalue weighted by Crippen LogP contribution is 2.38. The molecule has 0 spiro atoms. The van der Waals surface area contributed by atoms with Gasteiger partial charge in [0.25, 0.3) is 0 Å². The molecular weight excluding hydrogens is 238 g/mol. The second-order valence-corrected chi connectivity index (χ2v) is 4.88. The van der Waals surface area contributed by atoms with Crippen LogP contribution in [0.5, 0.6) is 0 Å². The Bertz CT molecular complexity index is 307. The van der Waals surface area contributed by atoms with Crippen molar-refractivity contribution in [2.75, 3.05) is 13.2 Å². The third-order valence-corrected chi connectivity index (χ3v) is 3.61. The molecule has 104 valence electrons. The average molecular weight is 259 g/mol. The predicted molar refractivity (Wildman–Crippen MR) is 63.7 cm³/mol. The number of carboxylic acid groups (broad SMARTS) is 1. The van der Waals surface area contributed by atoms with Gasteiger partial charge >= 0.3 is 5.97 Å². The van der Waals surface area contributed by atoms with E-state index in [1.165, 1.54) is 0 Å². The summed E-state index contributed by atoms with van der Waals surface area (Å²) in [6, 6.07) is 0. The molecule has 4 atom stereocenters. The quantitative estimate of drug-likeness (QED) is 0.519. The van der Waals surface area contributed by atoms with Crippen LogP contribution in [0.1, 0.15) is 26.2 Å². The zero-order valence-electron chi connectivity index (χ0n) is 10.5. The Morgan fingerprint density at radius 3 is 2.44 bits per heavy atom. The molecule has 0 heterocycles. The van der Waals surface area contributed by atoms with Crippen LogP contribution >= 0.6 is 0 Å². The Morgan fingerprint density at radius 1 is 1.33 bits per heavy atom. The van der Waals surface area contributed by atoms with Gasteiger partial charge in [0.15, 0.2) is 0 Å². The van der Waals surface area contributed by atoms with Crippen molar-refractivity contribution < 1.29 is 24.9 Å². The van der Waals surface area contributed by atoms with E-state index in [1.54, 1.807) is 0 Å². The summed E-state index contributed by atoms with van der Waals surface area (Å²) < 4.78 is 0. The minimum atomic E-state index is -0.999. The summed E-state index contributed by atoms with van der Waals surface area (Å²) >= 11 is 0. The van der Waals surface area contributed by atoms with E-state index in [-0.39, 0.29) is 18.4 Å². The first-order valence-corrected chi connectivity index (χ1v) is 6.29. The van der Waals surface area contributed by atoms with E-state index in [0.29, 0.717) is 12.8 Å². The standard InChI is InChI=1S/C12H21NO5/c1-2-7-3-9(10(4-7)12(17)18)11(16)13-5-8(15)6-14/h7-10,14-15H,2-6H2,1H3,(H,13,16)(H,17,18)/t7?,8?,9-,10+/m0/s1. The number of nitrogens with one attached hydrogen (secondary N) is 1. The fourth-order valence-electron chi connectivity index (χ4n) is 2.45. The molecule has 0 aromatic heterocycles. The Balaban J connectivity index is 2.56. The van der Waals surface area contributed by atoms with Gasteiger partial charge in [-0.2, -0.15) is 0 Å². The fourth-order valence-corrected chi connectivity index (χ4v) is 2.45. The van der Waals surface area contributed by atoms with Gasteiger partial charge in [0, 0.05) is 6.54 Å². The van der Waals surface area contributed by atoms with E-state index in [4.69, 9.17) is 15.3 Å². The van der Waals surface area contributed by atoms with Crippen molar-refractivity contribution in [1.29, 1.82) is 0 Å². The summed E-state index contributed by atoms with van der Waals surface area (Å²) in [4.78, 5) is 23.0. The van der Waals surface area contributed by atoms with Crippen molar-refractivity contribution in [3.05, 3.63) is 0 Å². The topological polar surface area (TPSA) is 107 Å². The second-order valence-electron chi connectivity index (χ2n) is 4.88. The molecule has 0 aromatic rings. The highest BCUT2D eigenvalue weighted by molar-refractivity contribution is 5.85. The Kier molecular flexibility index (Phi) is 5.55. The summed E-state index contributed by atoms with van der Waals surface area (Å²) in [5, 5.41) is 29.4. The van der Waals surface area contributed by atoms with Gasteiger partial charge in [-0.1, -0.05) is 13.3 Å². The van der Waals surface area contributed by atoms with Crippen molar-refractivity contribution in [3.8, 4) is 0 Å². The molecule has 1 aliphatic rings. The van der Waals surface area contributed by atoms with E-state index >= 15 is 0 Å². The summed E-state index contributed by atoms with van der Waals surface area (Å²) in [6.45, 7) is 1.51. The van der Waals surface area contributed by atoms with Gasteiger partial charge in [-0.3, -0.25) is 9.59 Å². The summed E-state index contributed by atoms with van der Waals surface area (Å²) in [5.74, 6) is -2.18. The van der Waals surface area contributed by atoms with Gasteiger partial charge in [0.2, 0.25) is 5.91 Å². The maximum Gasteiger partial charge on any atom is 0.307 e. The number of carbonyl (C=O) groups is 2. The second kappa shape index (κ2) is 6.70. The van der Waals surface area contributed by atoms with Gasteiger partial charge in [-0.15, -0.1) is 0 Å². The third kappa shape index (κ3) is 3.68. The first-order valence-electron chi connectivity index (χ1n) is 6.29. The molecule has 2 unspecified atom stereocenters. The van der Waals surface area contributed by atoms with Crippen LogP contribution in [-0.4, -0.2) is 46.5 Å². The van der Waals surface area contributed by atoms with Crippen LogP contribution in [0.15, 0.2) is 0 Å². The zero-order valence-corrected chi connectivity index (χ0v) is 10.5. The predicted octanol–water partition coefficient (Wildman–Crippen LogP) is -0.407. The molecule has 6 nitrogen and oxygen atoms in total. The number of carbonyl (C=O) groups excluding carboxylic acids is 1. The molecule has 0 bridgehead atoms. The fraction of sp³-hybridized carbons (Fsp3) is 0.833.